The number of hydrogen-bond donors (Lipinski definition) is 2. The second-order valence-corrected chi connectivity index (χ2v) is 11.8. The lowest BCUT2D eigenvalue weighted by Gasteiger charge is -2.51. The monoisotopic (exact) mass is 522 g/mol. The van der Waals surface area contributed by atoms with Gasteiger partial charge in [-0.2, -0.15) is 0 Å². The Morgan fingerprint density at radius 2 is 1.84 bits per heavy atom. The lowest BCUT2D eigenvalue weighted by Crippen LogP contribution is -2.68. The number of carbonyl (C=O) groups excluding carboxylic acids is 3. The maximum Gasteiger partial charge on any atom is 0.331 e. The van der Waals surface area contributed by atoms with Crippen LogP contribution in [0.25, 0.3) is 0 Å². The summed E-state index contributed by atoms with van der Waals surface area (Å²) >= 11 is 0. The zero-order valence-electron chi connectivity index (χ0n) is 23.1. The third-order valence-electron chi connectivity index (χ3n) is 8.11. The molecule has 208 valence electrons. The lowest BCUT2D eigenvalue weighted by atomic mass is 9.78. The molecular weight excluding hydrogens is 480 g/mol. The van der Waals surface area contributed by atoms with E-state index in [-0.39, 0.29) is 18.3 Å². The molecule has 0 spiro atoms. The molecule has 0 radical (unpaired) electrons. The molecule has 9 atom stereocenters. The van der Waals surface area contributed by atoms with Crippen LogP contribution in [-0.4, -0.2) is 69.8 Å². The zero-order chi connectivity index (χ0) is 27.9. The number of Topliss-reactive ketones (excluding diaryl/α,β-unsaturated/α-hetero) is 1. The number of ether oxygens (including phenoxy) is 4. The van der Waals surface area contributed by atoms with Crippen molar-refractivity contribution in [3.05, 3.63) is 23.8 Å². The molecule has 3 heterocycles. The fourth-order valence-corrected chi connectivity index (χ4v) is 5.52. The van der Waals surface area contributed by atoms with Crippen LogP contribution >= 0.6 is 0 Å². The van der Waals surface area contributed by atoms with Crippen molar-refractivity contribution in [3.8, 4) is 0 Å². The van der Waals surface area contributed by atoms with Crippen molar-refractivity contribution in [3.63, 3.8) is 0 Å². The minimum Gasteiger partial charge on any atom is -0.458 e. The summed E-state index contributed by atoms with van der Waals surface area (Å²) in [6.07, 6.45) is 1.45. The summed E-state index contributed by atoms with van der Waals surface area (Å²) in [4.78, 5) is 37.5. The number of aliphatic hydroxyl groups excluding tert-OH is 1. The van der Waals surface area contributed by atoms with Crippen molar-refractivity contribution < 1.29 is 43.5 Å². The first-order valence-electron chi connectivity index (χ1n) is 13.1. The van der Waals surface area contributed by atoms with Crippen LogP contribution in [0, 0.1) is 17.3 Å². The van der Waals surface area contributed by atoms with Gasteiger partial charge < -0.3 is 29.2 Å². The summed E-state index contributed by atoms with van der Waals surface area (Å²) < 4.78 is 23.1. The van der Waals surface area contributed by atoms with Crippen LogP contribution in [0.4, 0.5) is 0 Å². The molecule has 9 heteroatoms. The van der Waals surface area contributed by atoms with Crippen LogP contribution in [0.5, 0.6) is 0 Å². The molecule has 37 heavy (non-hydrogen) atoms. The highest BCUT2D eigenvalue weighted by molar-refractivity contribution is 5.87. The molecule has 2 saturated heterocycles. The van der Waals surface area contributed by atoms with Crippen LogP contribution in [-0.2, 0) is 33.3 Å². The van der Waals surface area contributed by atoms with Gasteiger partial charge in [0, 0.05) is 30.3 Å². The van der Waals surface area contributed by atoms with Crippen molar-refractivity contribution >= 4 is 17.7 Å². The van der Waals surface area contributed by atoms with E-state index in [4.69, 9.17) is 18.9 Å². The van der Waals surface area contributed by atoms with Crippen molar-refractivity contribution in [2.75, 3.05) is 0 Å². The Balaban J connectivity index is 1.98. The first kappa shape index (κ1) is 29.5. The molecule has 0 saturated carbocycles. The Hall–Kier alpha value is -2.07. The van der Waals surface area contributed by atoms with Gasteiger partial charge in [-0.15, -0.1) is 0 Å². The molecule has 3 rings (SSSR count). The molecular formula is C28H42O9. The molecule has 0 aromatic carbocycles. The highest BCUT2D eigenvalue weighted by Crippen LogP contribution is 2.48. The van der Waals surface area contributed by atoms with Crippen molar-refractivity contribution in [2.45, 2.75) is 117 Å². The van der Waals surface area contributed by atoms with Gasteiger partial charge in [-0.1, -0.05) is 39.8 Å². The maximum atomic E-state index is 13.3. The van der Waals surface area contributed by atoms with Gasteiger partial charge in [0.1, 0.15) is 18.3 Å². The number of carbonyl (C=O) groups is 3. The summed E-state index contributed by atoms with van der Waals surface area (Å²) in [7, 11) is 0. The van der Waals surface area contributed by atoms with Crippen LogP contribution in [0.1, 0.15) is 74.7 Å². The average Bonchev–Trinajstić information content (AvgIpc) is 3.22. The number of aliphatic hydroxyl groups is 2. The van der Waals surface area contributed by atoms with Crippen molar-refractivity contribution in [1.82, 2.24) is 0 Å². The Morgan fingerprint density at radius 3 is 2.46 bits per heavy atom. The Kier molecular flexibility index (Phi) is 8.44. The predicted molar refractivity (Wildman–Crippen MR) is 134 cm³/mol. The number of hydrogen-bond acceptors (Lipinski definition) is 9. The summed E-state index contributed by atoms with van der Waals surface area (Å²) in [5, 5.41) is 23.5. The van der Waals surface area contributed by atoms with E-state index in [1.54, 1.807) is 34.6 Å². The average molecular weight is 523 g/mol. The molecule has 3 aliphatic heterocycles. The SMILES string of the molecule is CC(=O)O[C@H](C)/C(C)=C/C(=O)O[C@@H]1[C@H](C)C[C@H]2O[C@]1(O)[C@@H](O)[C@]1(C)CC[C@@H](O1)C(C)(C)/C=C/[C@H](C)C2=O. The highest BCUT2D eigenvalue weighted by Gasteiger charge is 2.62. The Bertz CT molecular complexity index is 969. The molecule has 0 amide bonds. The van der Waals surface area contributed by atoms with Crippen LogP contribution in [0.3, 0.4) is 0 Å². The third kappa shape index (κ3) is 6.00. The summed E-state index contributed by atoms with van der Waals surface area (Å²) in [5.41, 5.74) is -1.18. The molecule has 0 aliphatic carbocycles. The van der Waals surface area contributed by atoms with Gasteiger partial charge in [-0.3, -0.25) is 9.59 Å². The van der Waals surface area contributed by atoms with E-state index in [1.807, 2.05) is 26.0 Å². The van der Waals surface area contributed by atoms with Crippen molar-refractivity contribution in [2.24, 2.45) is 17.3 Å². The number of rotatable bonds is 4. The van der Waals surface area contributed by atoms with E-state index in [0.717, 1.165) is 0 Å². The molecule has 4 bridgehead atoms. The fourth-order valence-electron chi connectivity index (χ4n) is 5.52. The minimum atomic E-state index is -2.40. The molecule has 3 aliphatic rings. The van der Waals surface area contributed by atoms with E-state index >= 15 is 0 Å². The van der Waals surface area contributed by atoms with Gasteiger partial charge in [0.2, 0.25) is 5.79 Å². The van der Waals surface area contributed by atoms with E-state index in [0.29, 0.717) is 18.4 Å². The first-order valence-corrected chi connectivity index (χ1v) is 13.1. The maximum absolute atomic E-state index is 13.3. The predicted octanol–water partition coefficient (Wildman–Crippen LogP) is 3.01. The summed E-state index contributed by atoms with van der Waals surface area (Å²) in [6.45, 7) is 13.8. The molecule has 2 N–H and O–H groups in total. The first-order chi connectivity index (χ1) is 17.0. The molecule has 0 unspecified atom stereocenters. The topological polar surface area (TPSA) is 129 Å². The Labute approximate surface area is 219 Å². The van der Waals surface area contributed by atoms with Gasteiger partial charge in [0.25, 0.3) is 0 Å². The Morgan fingerprint density at radius 1 is 1.19 bits per heavy atom. The second-order valence-electron chi connectivity index (χ2n) is 11.8. The fraction of sp³-hybridized carbons (Fsp3) is 0.750. The van der Waals surface area contributed by atoms with E-state index in [2.05, 4.69) is 0 Å². The van der Waals surface area contributed by atoms with E-state index in [1.165, 1.54) is 13.0 Å². The number of allylic oxidation sites excluding steroid dienone is 1. The van der Waals surface area contributed by atoms with E-state index in [9.17, 15) is 24.6 Å². The highest BCUT2D eigenvalue weighted by atomic mass is 16.7. The number of esters is 2. The van der Waals surface area contributed by atoms with Crippen LogP contribution < -0.4 is 0 Å². The minimum absolute atomic E-state index is 0.195. The van der Waals surface area contributed by atoms with Gasteiger partial charge >= 0.3 is 11.9 Å². The van der Waals surface area contributed by atoms with Crippen LogP contribution in [0.2, 0.25) is 0 Å². The van der Waals surface area contributed by atoms with Gasteiger partial charge in [-0.25, -0.2) is 4.79 Å². The van der Waals surface area contributed by atoms with E-state index < -0.39 is 65.0 Å². The summed E-state index contributed by atoms with van der Waals surface area (Å²) in [5.74, 6) is -4.91. The number of fused-ring (bicyclic) bond motifs is 4. The molecule has 2 fully saturated rings. The third-order valence-corrected chi connectivity index (χ3v) is 8.11. The van der Waals surface area contributed by atoms with Gasteiger partial charge in [0.05, 0.1) is 11.7 Å². The molecule has 0 aromatic rings. The van der Waals surface area contributed by atoms with Gasteiger partial charge in [-0.05, 0) is 45.6 Å². The lowest BCUT2D eigenvalue weighted by molar-refractivity contribution is -0.363. The summed E-state index contributed by atoms with van der Waals surface area (Å²) in [6, 6.07) is 0. The smallest absolute Gasteiger partial charge is 0.331 e. The molecule has 9 nitrogen and oxygen atoms in total. The van der Waals surface area contributed by atoms with Crippen molar-refractivity contribution in [1.29, 1.82) is 0 Å². The zero-order valence-corrected chi connectivity index (χ0v) is 23.1. The normalized spacial score (nSPS) is 41.7. The largest absolute Gasteiger partial charge is 0.458 e. The second kappa shape index (κ2) is 10.6. The quantitative estimate of drug-likeness (QED) is 0.325. The molecule has 0 aromatic heterocycles. The number of ketones is 1. The van der Waals surface area contributed by atoms with Gasteiger partial charge in [0.15, 0.2) is 11.9 Å². The van der Waals surface area contributed by atoms with Crippen LogP contribution in [0.15, 0.2) is 23.8 Å². The standard InChI is InChI=1S/C28H42O9/c1-15-9-11-26(6,7)21-10-12-27(8,37-21)25(32)28(33)24(17(3)13-20(36-28)23(15)31)35-22(30)14-16(2)18(4)34-19(5)29/h9,11,14-15,17-18,20-21,24-25,32-33H,10,12-13H2,1-8H3/b11-9+,16-14+/t15-,17+,18+,20+,21+,24+,25-,27-,28-/m0/s1.